The van der Waals surface area contributed by atoms with Crippen molar-refractivity contribution in [3.63, 3.8) is 0 Å². The molecule has 0 bridgehead atoms. The van der Waals surface area contributed by atoms with Gasteiger partial charge >= 0.3 is 0 Å². The van der Waals surface area contributed by atoms with Crippen LogP contribution in [0.2, 0.25) is 0 Å². The number of aliphatic hydroxyl groups excluding tert-OH is 1. The van der Waals surface area contributed by atoms with Gasteiger partial charge in [-0.25, -0.2) is 0 Å². The molecule has 3 nitrogen and oxygen atoms in total. The molecule has 0 spiro atoms. The van der Waals surface area contributed by atoms with E-state index in [2.05, 4.69) is 19.2 Å². The molecule has 1 saturated heterocycles. The first-order chi connectivity index (χ1) is 5.49. The Morgan fingerprint density at radius 1 is 1.67 bits per heavy atom. The van der Waals surface area contributed by atoms with E-state index in [0.717, 1.165) is 13.0 Å². The van der Waals surface area contributed by atoms with Gasteiger partial charge in [-0.05, 0) is 27.2 Å². The molecule has 0 aromatic carbocycles. The molecule has 0 amide bonds. The van der Waals surface area contributed by atoms with E-state index in [4.69, 9.17) is 9.84 Å². The average Bonchev–Trinajstić information content (AvgIpc) is 1.93. The van der Waals surface area contributed by atoms with Crippen LogP contribution in [0.4, 0.5) is 0 Å². The van der Waals surface area contributed by atoms with E-state index in [0.29, 0.717) is 12.6 Å². The van der Waals surface area contributed by atoms with Crippen LogP contribution in [-0.4, -0.2) is 36.0 Å². The zero-order valence-electron chi connectivity index (χ0n) is 8.13. The summed E-state index contributed by atoms with van der Waals surface area (Å²) >= 11 is 0. The number of hydrogen-bond donors (Lipinski definition) is 2. The molecule has 2 N–H and O–H groups in total. The van der Waals surface area contributed by atoms with Gasteiger partial charge in [-0.2, -0.15) is 0 Å². The van der Waals surface area contributed by atoms with Gasteiger partial charge in [-0.15, -0.1) is 0 Å². The third-order valence-corrected chi connectivity index (χ3v) is 2.12. The third kappa shape index (κ3) is 3.09. The van der Waals surface area contributed by atoms with Gasteiger partial charge in [0.2, 0.25) is 0 Å². The van der Waals surface area contributed by atoms with Crippen LogP contribution in [0, 0.1) is 0 Å². The topological polar surface area (TPSA) is 41.5 Å². The first-order valence-corrected chi connectivity index (χ1v) is 4.55. The van der Waals surface area contributed by atoms with Gasteiger partial charge in [0.25, 0.3) is 0 Å². The number of rotatable bonds is 2. The summed E-state index contributed by atoms with van der Waals surface area (Å²) in [7, 11) is 0. The van der Waals surface area contributed by atoms with Crippen molar-refractivity contribution < 1.29 is 9.84 Å². The molecule has 1 fully saturated rings. The lowest BCUT2D eigenvalue weighted by molar-refractivity contribution is -0.0639. The standard InChI is InChI=1S/C9H19NO2/c1-7(11)4-8-5-12-9(2,3)6-10-8/h7-8,10-11H,4-6H2,1-3H3. The van der Waals surface area contributed by atoms with Gasteiger partial charge in [0.05, 0.1) is 18.3 Å². The van der Waals surface area contributed by atoms with Crippen molar-refractivity contribution in [1.29, 1.82) is 0 Å². The maximum atomic E-state index is 9.14. The largest absolute Gasteiger partial charge is 0.393 e. The zero-order chi connectivity index (χ0) is 9.19. The molecule has 0 aromatic heterocycles. The van der Waals surface area contributed by atoms with Crippen molar-refractivity contribution in [2.45, 2.75) is 44.9 Å². The number of morpholine rings is 1. The Labute approximate surface area is 74.1 Å². The molecule has 12 heavy (non-hydrogen) atoms. The minimum absolute atomic E-state index is 0.0464. The molecule has 0 aromatic rings. The second-order valence-electron chi connectivity index (χ2n) is 4.23. The molecular weight excluding hydrogens is 154 g/mol. The lowest BCUT2D eigenvalue weighted by Gasteiger charge is -2.36. The van der Waals surface area contributed by atoms with E-state index in [9.17, 15) is 0 Å². The highest BCUT2D eigenvalue weighted by molar-refractivity contribution is 4.82. The summed E-state index contributed by atoms with van der Waals surface area (Å²) in [4.78, 5) is 0. The zero-order valence-corrected chi connectivity index (χ0v) is 8.13. The summed E-state index contributed by atoms with van der Waals surface area (Å²) < 4.78 is 5.61. The summed E-state index contributed by atoms with van der Waals surface area (Å²) in [6.45, 7) is 7.51. The Morgan fingerprint density at radius 2 is 2.33 bits per heavy atom. The highest BCUT2D eigenvalue weighted by Gasteiger charge is 2.27. The maximum absolute atomic E-state index is 9.14. The first-order valence-electron chi connectivity index (χ1n) is 4.55. The fourth-order valence-corrected chi connectivity index (χ4v) is 1.39. The van der Waals surface area contributed by atoms with E-state index >= 15 is 0 Å². The van der Waals surface area contributed by atoms with Crippen LogP contribution in [0.15, 0.2) is 0 Å². The second kappa shape index (κ2) is 3.73. The van der Waals surface area contributed by atoms with Crippen molar-refractivity contribution in [3.8, 4) is 0 Å². The first kappa shape index (κ1) is 9.96. The molecule has 72 valence electrons. The molecule has 2 atom stereocenters. The average molecular weight is 173 g/mol. The van der Waals surface area contributed by atoms with Gasteiger partial charge in [-0.1, -0.05) is 0 Å². The van der Waals surface area contributed by atoms with E-state index in [1.54, 1.807) is 6.92 Å². The second-order valence-corrected chi connectivity index (χ2v) is 4.23. The Hall–Kier alpha value is -0.120. The highest BCUT2D eigenvalue weighted by Crippen LogP contribution is 2.15. The van der Waals surface area contributed by atoms with Gasteiger partial charge in [0, 0.05) is 12.6 Å². The van der Waals surface area contributed by atoms with Crippen LogP contribution >= 0.6 is 0 Å². The predicted molar refractivity (Wildman–Crippen MR) is 48.1 cm³/mol. The van der Waals surface area contributed by atoms with Crippen molar-refractivity contribution in [2.24, 2.45) is 0 Å². The van der Waals surface area contributed by atoms with E-state index in [1.807, 2.05) is 0 Å². The number of ether oxygens (including phenoxy) is 1. The summed E-state index contributed by atoms with van der Waals surface area (Å²) in [5.41, 5.74) is -0.0464. The van der Waals surface area contributed by atoms with E-state index in [-0.39, 0.29) is 11.7 Å². The molecule has 2 unspecified atom stereocenters. The van der Waals surface area contributed by atoms with Gasteiger partial charge in [-0.3, -0.25) is 0 Å². The normalized spacial score (nSPS) is 31.5. The van der Waals surface area contributed by atoms with E-state index < -0.39 is 0 Å². The Bertz CT molecular complexity index is 135. The Kier molecular flexibility index (Phi) is 3.09. The lowest BCUT2D eigenvalue weighted by Crippen LogP contribution is -2.52. The molecular formula is C9H19NO2. The monoisotopic (exact) mass is 173 g/mol. The molecule has 1 aliphatic heterocycles. The van der Waals surface area contributed by atoms with Crippen LogP contribution in [0.25, 0.3) is 0 Å². The quantitative estimate of drug-likeness (QED) is 0.640. The minimum atomic E-state index is -0.243. The minimum Gasteiger partial charge on any atom is -0.393 e. The molecule has 0 aliphatic carbocycles. The van der Waals surface area contributed by atoms with Crippen molar-refractivity contribution in [3.05, 3.63) is 0 Å². The van der Waals surface area contributed by atoms with Crippen LogP contribution < -0.4 is 5.32 Å². The van der Waals surface area contributed by atoms with Crippen molar-refractivity contribution >= 4 is 0 Å². The van der Waals surface area contributed by atoms with Crippen LogP contribution in [0.3, 0.4) is 0 Å². The predicted octanol–water partition coefficient (Wildman–Crippen LogP) is 0.524. The van der Waals surface area contributed by atoms with Crippen LogP contribution in [0.1, 0.15) is 27.2 Å². The summed E-state index contributed by atoms with van der Waals surface area (Å²) in [6, 6.07) is 0.318. The molecule has 0 radical (unpaired) electrons. The van der Waals surface area contributed by atoms with Gasteiger partial charge < -0.3 is 15.2 Å². The van der Waals surface area contributed by atoms with Gasteiger partial charge in [0.15, 0.2) is 0 Å². The van der Waals surface area contributed by atoms with E-state index in [1.165, 1.54) is 0 Å². The number of aliphatic hydroxyl groups is 1. The molecule has 0 saturated carbocycles. The highest BCUT2D eigenvalue weighted by atomic mass is 16.5. The van der Waals surface area contributed by atoms with Crippen molar-refractivity contribution in [1.82, 2.24) is 5.32 Å². The number of nitrogens with one attached hydrogen (secondary N) is 1. The van der Waals surface area contributed by atoms with Crippen molar-refractivity contribution in [2.75, 3.05) is 13.2 Å². The number of hydrogen-bond acceptors (Lipinski definition) is 3. The fourth-order valence-electron chi connectivity index (χ4n) is 1.39. The lowest BCUT2D eigenvalue weighted by atomic mass is 10.0. The molecule has 1 rings (SSSR count). The van der Waals surface area contributed by atoms with Crippen LogP contribution in [0.5, 0.6) is 0 Å². The SMILES string of the molecule is CC(O)CC1COC(C)(C)CN1. The summed E-state index contributed by atoms with van der Waals surface area (Å²) in [6.07, 6.45) is 0.531. The summed E-state index contributed by atoms with van der Waals surface area (Å²) in [5, 5.41) is 12.5. The molecule has 1 aliphatic rings. The maximum Gasteiger partial charge on any atom is 0.0751 e. The fraction of sp³-hybridized carbons (Fsp3) is 1.00. The van der Waals surface area contributed by atoms with Crippen LogP contribution in [-0.2, 0) is 4.74 Å². The van der Waals surface area contributed by atoms with Gasteiger partial charge in [0.1, 0.15) is 0 Å². The Balaban J connectivity index is 2.27. The summed E-state index contributed by atoms with van der Waals surface area (Å²) in [5.74, 6) is 0. The smallest absolute Gasteiger partial charge is 0.0751 e. The molecule has 1 heterocycles. The third-order valence-electron chi connectivity index (χ3n) is 2.12. The molecule has 3 heteroatoms. The Morgan fingerprint density at radius 3 is 2.75 bits per heavy atom.